The summed E-state index contributed by atoms with van der Waals surface area (Å²) in [7, 11) is 0. The van der Waals surface area contributed by atoms with Gasteiger partial charge in [0.1, 0.15) is 18.1 Å². The Morgan fingerprint density at radius 1 is 0.926 bits per heavy atom. The van der Waals surface area contributed by atoms with Crippen LogP contribution in [-0.4, -0.2) is 59.4 Å². The van der Waals surface area contributed by atoms with Gasteiger partial charge in [0, 0.05) is 6.42 Å². The van der Waals surface area contributed by atoms with E-state index in [4.69, 9.17) is 16.6 Å². The van der Waals surface area contributed by atoms with Crippen molar-refractivity contribution in [1.82, 2.24) is 16.0 Å². The fourth-order valence-corrected chi connectivity index (χ4v) is 2.16. The Labute approximate surface area is 157 Å². The normalized spacial score (nSPS) is 14.0. The Balaban J connectivity index is 5.21. The van der Waals surface area contributed by atoms with Gasteiger partial charge < -0.3 is 32.5 Å². The second kappa shape index (κ2) is 11.8. The zero-order valence-electron chi connectivity index (χ0n) is 15.8. The summed E-state index contributed by atoms with van der Waals surface area (Å²) in [5.74, 6) is -3.81. The third-order valence-electron chi connectivity index (χ3n) is 3.59. The summed E-state index contributed by atoms with van der Waals surface area (Å²) in [5.41, 5.74) is 10.3. The van der Waals surface area contributed by atoms with Gasteiger partial charge in [-0.15, -0.1) is 0 Å². The molecule has 4 amide bonds. The predicted molar refractivity (Wildman–Crippen MR) is 96.0 cm³/mol. The quantitative estimate of drug-likeness (QED) is 0.219. The average molecular weight is 387 g/mol. The molecule has 0 saturated heterocycles. The number of hydrogen-bond donors (Lipinski definition) is 6. The third kappa shape index (κ3) is 10.1. The molecule has 0 radical (unpaired) electrons. The van der Waals surface area contributed by atoms with Crippen molar-refractivity contribution in [1.29, 1.82) is 0 Å². The number of carbonyl (C=O) groups excluding carboxylic acids is 4. The van der Waals surface area contributed by atoms with Crippen LogP contribution < -0.4 is 27.4 Å². The first-order valence-electron chi connectivity index (χ1n) is 8.59. The molecule has 154 valence electrons. The van der Waals surface area contributed by atoms with Crippen molar-refractivity contribution in [2.24, 2.45) is 17.4 Å². The predicted octanol–water partition coefficient (Wildman–Crippen LogP) is -2.18. The summed E-state index contributed by atoms with van der Waals surface area (Å²) in [4.78, 5) is 58.2. The topological polar surface area (TPSA) is 194 Å². The van der Waals surface area contributed by atoms with Crippen LogP contribution in [0.25, 0.3) is 0 Å². The molecule has 0 heterocycles. The molecule has 8 N–H and O–H groups in total. The van der Waals surface area contributed by atoms with E-state index in [9.17, 15) is 24.0 Å². The molecule has 0 aliphatic rings. The Morgan fingerprint density at radius 2 is 1.48 bits per heavy atom. The molecule has 0 saturated carbocycles. The maximum atomic E-state index is 12.5. The minimum Gasteiger partial charge on any atom is -0.480 e. The van der Waals surface area contributed by atoms with Crippen LogP contribution in [0.1, 0.15) is 40.0 Å². The molecule has 0 aliphatic carbocycles. The standard InChI is InChI=1S/C16H29N5O6/c1-8(2)6-11(15(25)19-9(3)16(26)27)21-14(24)10(4-5-12(18)22)20-13(23)7-17/h8-11H,4-7,17H2,1-3H3,(H2,18,22)(H,19,25)(H,20,23)(H,21,24)(H,26,27). The lowest BCUT2D eigenvalue weighted by molar-refractivity contribution is -0.141. The van der Waals surface area contributed by atoms with Gasteiger partial charge in [-0.25, -0.2) is 0 Å². The van der Waals surface area contributed by atoms with Gasteiger partial charge >= 0.3 is 5.97 Å². The van der Waals surface area contributed by atoms with E-state index in [-0.39, 0.29) is 31.7 Å². The third-order valence-corrected chi connectivity index (χ3v) is 3.59. The van der Waals surface area contributed by atoms with E-state index < -0.39 is 47.7 Å². The van der Waals surface area contributed by atoms with Crippen LogP contribution in [0.4, 0.5) is 0 Å². The van der Waals surface area contributed by atoms with Crippen LogP contribution in [0, 0.1) is 5.92 Å². The van der Waals surface area contributed by atoms with Crippen LogP contribution in [0.15, 0.2) is 0 Å². The minimum atomic E-state index is -1.22. The number of aliphatic carboxylic acids is 1. The first-order chi connectivity index (χ1) is 12.5. The summed E-state index contributed by atoms with van der Waals surface area (Å²) in [6, 6.07) is -3.25. The van der Waals surface area contributed by atoms with E-state index in [0.717, 1.165) is 0 Å². The molecule has 11 nitrogen and oxygen atoms in total. The molecule has 11 heteroatoms. The van der Waals surface area contributed by atoms with Crippen LogP contribution >= 0.6 is 0 Å². The number of amides is 4. The zero-order valence-corrected chi connectivity index (χ0v) is 15.8. The second-order valence-corrected chi connectivity index (χ2v) is 6.59. The molecular formula is C16H29N5O6. The fourth-order valence-electron chi connectivity index (χ4n) is 2.16. The van der Waals surface area contributed by atoms with Gasteiger partial charge in [-0.2, -0.15) is 0 Å². The fraction of sp³-hybridized carbons (Fsp3) is 0.688. The van der Waals surface area contributed by atoms with Crippen molar-refractivity contribution in [2.45, 2.75) is 58.2 Å². The summed E-state index contributed by atoms with van der Waals surface area (Å²) in [6.07, 6.45) is 0.0335. The van der Waals surface area contributed by atoms with Crippen molar-refractivity contribution in [3.8, 4) is 0 Å². The first kappa shape index (κ1) is 24.3. The highest BCUT2D eigenvalue weighted by molar-refractivity contribution is 5.93. The summed E-state index contributed by atoms with van der Waals surface area (Å²) in [5, 5.41) is 16.1. The number of carbonyl (C=O) groups is 5. The number of rotatable bonds is 12. The lowest BCUT2D eigenvalue weighted by atomic mass is 10.0. The largest absolute Gasteiger partial charge is 0.480 e. The lowest BCUT2D eigenvalue weighted by Gasteiger charge is -2.24. The van der Waals surface area contributed by atoms with Crippen LogP contribution in [-0.2, 0) is 24.0 Å². The number of primary amides is 1. The van der Waals surface area contributed by atoms with E-state index in [1.165, 1.54) is 6.92 Å². The average Bonchev–Trinajstić information content (AvgIpc) is 2.56. The second-order valence-electron chi connectivity index (χ2n) is 6.59. The lowest BCUT2D eigenvalue weighted by Crippen LogP contribution is -2.56. The van der Waals surface area contributed by atoms with Crippen LogP contribution in [0.2, 0.25) is 0 Å². The van der Waals surface area contributed by atoms with E-state index in [2.05, 4.69) is 16.0 Å². The molecule has 0 fully saturated rings. The highest BCUT2D eigenvalue weighted by Crippen LogP contribution is 2.07. The summed E-state index contributed by atoms with van der Waals surface area (Å²) >= 11 is 0. The van der Waals surface area contributed by atoms with Gasteiger partial charge in [-0.05, 0) is 25.7 Å². The molecule has 0 aromatic rings. The van der Waals surface area contributed by atoms with Gasteiger partial charge in [0.2, 0.25) is 23.6 Å². The Morgan fingerprint density at radius 3 is 1.93 bits per heavy atom. The molecule has 0 aromatic carbocycles. The minimum absolute atomic E-state index is 0.0175. The molecular weight excluding hydrogens is 358 g/mol. The van der Waals surface area contributed by atoms with E-state index in [1.54, 1.807) is 0 Å². The number of carboxylic acids is 1. The number of hydrogen-bond acceptors (Lipinski definition) is 6. The molecule has 3 atom stereocenters. The molecule has 3 unspecified atom stereocenters. The van der Waals surface area contributed by atoms with E-state index in [0.29, 0.717) is 0 Å². The molecule has 27 heavy (non-hydrogen) atoms. The highest BCUT2D eigenvalue weighted by Gasteiger charge is 2.28. The smallest absolute Gasteiger partial charge is 0.325 e. The summed E-state index contributed by atoms with van der Waals surface area (Å²) in [6.45, 7) is 4.60. The number of nitrogens with one attached hydrogen (secondary N) is 3. The Bertz CT molecular complexity index is 566. The van der Waals surface area contributed by atoms with Crippen molar-refractivity contribution >= 4 is 29.6 Å². The van der Waals surface area contributed by atoms with Crippen molar-refractivity contribution in [3.63, 3.8) is 0 Å². The molecule has 0 spiro atoms. The van der Waals surface area contributed by atoms with Gasteiger partial charge in [0.25, 0.3) is 0 Å². The summed E-state index contributed by atoms with van der Waals surface area (Å²) < 4.78 is 0. The van der Waals surface area contributed by atoms with Crippen molar-refractivity contribution in [3.05, 3.63) is 0 Å². The van der Waals surface area contributed by atoms with Crippen LogP contribution in [0.5, 0.6) is 0 Å². The maximum Gasteiger partial charge on any atom is 0.325 e. The van der Waals surface area contributed by atoms with Gasteiger partial charge in [-0.3, -0.25) is 24.0 Å². The van der Waals surface area contributed by atoms with Crippen molar-refractivity contribution in [2.75, 3.05) is 6.54 Å². The maximum absolute atomic E-state index is 12.5. The van der Waals surface area contributed by atoms with Gasteiger partial charge in [0.15, 0.2) is 0 Å². The van der Waals surface area contributed by atoms with E-state index in [1.807, 2.05) is 13.8 Å². The van der Waals surface area contributed by atoms with Gasteiger partial charge in [0.05, 0.1) is 6.54 Å². The number of carboxylic acid groups (broad SMARTS) is 1. The Kier molecular flexibility index (Phi) is 10.7. The molecule has 0 aliphatic heterocycles. The highest BCUT2D eigenvalue weighted by atomic mass is 16.4. The van der Waals surface area contributed by atoms with Crippen LogP contribution in [0.3, 0.4) is 0 Å². The molecule has 0 bridgehead atoms. The first-order valence-corrected chi connectivity index (χ1v) is 8.59. The zero-order chi connectivity index (χ0) is 21.1. The van der Waals surface area contributed by atoms with E-state index >= 15 is 0 Å². The Hall–Kier alpha value is -2.69. The van der Waals surface area contributed by atoms with Crippen molar-refractivity contribution < 1.29 is 29.1 Å². The molecule has 0 aromatic heterocycles. The SMILES string of the molecule is CC(C)CC(NC(=O)C(CCC(N)=O)NC(=O)CN)C(=O)NC(C)C(=O)O. The monoisotopic (exact) mass is 387 g/mol. The van der Waals surface area contributed by atoms with Gasteiger partial charge in [-0.1, -0.05) is 13.8 Å². The number of nitrogens with two attached hydrogens (primary N) is 2. The molecule has 0 rings (SSSR count).